The van der Waals surface area contributed by atoms with Crippen LogP contribution in [-0.2, 0) is 17.8 Å². The molecule has 0 atom stereocenters. The van der Waals surface area contributed by atoms with Gasteiger partial charge in [-0.3, -0.25) is 4.79 Å². The molecular weight excluding hydrogens is 334 g/mol. The summed E-state index contributed by atoms with van der Waals surface area (Å²) in [5.74, 6) is 0.875. The van der Waals surface area contributed by atoms with E-state index in [9.17, 15) is 4.79 Å². The summed E-state index contributed by atoms with van der Waals surface area (Å²) >= 11 is 1.52. The molecule has 0 aliphatic carbocycles. The molecule has 0 aliphatic heterocycles. The minimum Gasteiger partial charge on any atom is -0.486 e. The summed E-state index contributed by atoms with van der Waals surface area (Å²) in [7, 11) is 1.81. The fourth-order valence-corrected chi connectivity index (χ4v) is 3.07. The molecule has 0 aliphatic rings. The van der Waals surface area contributed by atoms with E-state index in [2.05, 4.69) is 18.8 Å². The van der Waals surface area contributed by atoms with Gasteiger partial charge in [0.25, 0.3) is 0 Å². The number of hydrogen-bond acceptors (Lipinski definition) is 5. The number of amides is 1. The molecule has 0 saturated heterocycles. The Balaban J connectivity index is 1.86. The van der Waals surface area contributed by atoms with Gasteiger partial charge in [-0.05, 0) is 31.0 Å². The maximum atomic E-state index is 12.3. The number of thiazole rings is 1. The van der Waals surface area contributed by atoms with Gasteiger partial charge in [0.2, 0.25) is 5.91 Å². The molecule has 6 heteroatoms. The van der Waals surface area contributed by atoms with Crippen LogP contribution in [0, 0.1) is 12.3 Å². The fraction of sp³-hybridized carbons (Fsp3) is 0.474. The van der Waals surface area contributed by atoms with Crippen molar-refractivity contribution in [3.63, 3.8) is 0 Å². The van der Waals surface area contributed by atoms with Crippen molar-refractivity contribution in [2.75, 3.05) is 20.1 Å². The minimum atomic E-state index is -0.0838. The lowest BCUT2D eigenvalue weighted by molar-refractivity contribution is -0.130. The summed E-state index contributed by atoms with van der Waals surface area (Å²) in [6.45, 7) is 7.75. The van der Waals surface area contributed by atoms with Crippen LogP contribution in [0.4, 0.5) is 0 Å². The Morgan fingerprint density at radius 2 is 2.00 bits per heavy atom. The highest BCUT2D eigenvalue weighted by Gasteiger charge is 2.21. The number of rotatable bonds is 8. The quantitative estimate of drug-likeness (QED) is 0.785. The topological polar surface area (TPSA) is 68.5 Å². The number of aromatic nitrogens is 1. The van der Waals surface area contributed by atoms with Crippen molar-refractivity contribution in [3.05, 3.63) is 45.9 Å². The largest absolute Gasteiger partial charge is 0.486 e. The Morgan fingerprint density at radius 3 is 2.64 bits per heavy atom. The average molecular weight is 362 g/mol. The van der Waals surface area contributed by atoms with Crippen molar-refractivity contribution >= 4 is 17.2 Å². The van der Waals surface area contributed by atoms with Crippen molar-refractivity contribution in [2.24, 2.45) is 11.1 Å². The van der Waals surface area contributed by atoms with Gasteiger partial charge in [-0.1, -0.05) is 31.5 Å². The van der Waals surface area contributed by atoms with Gasteiger partial charge in [0.1, 0.15) is 17.4 Å². The lowest BCUT2D eigenvalue weighted by Crippen LogP contribution is -2.40. The number of carbonyl (C=O) groups excluding carboxylic acids is 1. The molecule has 0 unspecified atom stereocenters. The Labute approximate surface area is 153 Å². The molecule has 0 fully saturated rings. The van der Waals surface area contributed by atoms with Crippen molar-refractivity contribution in [3.8, 4) is 5.75 Å². The zero-order valence-electron chi connectivity index (χ0n) is 15.4. The number of aryl methyl sites for hydroxylation is 1. The van der Waals surface area contributed by atoms with Crippen LogP contribution in [-0.4, -0.2) is 35.9 Å². The summed E-state index contributed by atoms with van der Waals surface area (Å²) in [6.07, 6.45) is 0.304. The van der Waals surface area contributed by atoms with E-state index in [1.165, 1.54) is 16.9 Å². The van der Waals surface area contributed by atoms with Crippen LogP contribution in [0.3, 0.4) is 0 Å². The van der Waals surface area contributed by atoms with Crippen LogP contribution in [0.1, 0.15) is 30.1 Å². The van der Waals surface area contributed by atoms with Crippen LogP contribution in [0.25, 0.3) is 0 Å². The molecule has 1 aromatic carbocycles. The maximum Gasteiger partial charge on any atom is 0.228 e. The summed E-state index contributed by atoms with van der Waals surface area (Å²) in [4.78, 5) is 18.6. The summed E-state index contributed by atoms with van der Waals surface area (Å²) in [5, 5.41) is 2.79. The molecule has 0 bridgehead atoms. The second kappa shape index (κ2) is 8.45. The first-order valence-electron chi connectivity index (χ1n) is 8.36. The third-order valence-electron chi connectivity index (χ3n) is 3.96. The lowest BCUT2D eigenvalue weighted by atomic mass is 9.93. The smallest absolute Gasteiger partial charge is 0.228 e. The first-order chi connectivity index (χ1) is 11.8. The number of nitrogens with two attached hydrogens (primary N) is 1. The van der Waals surface area contributed by atoms with E-state index in [1.807, 2.05) is 43.6 Å². The number of ether oxygens (including phenoxy) is 1. The molecule has 0 saturated carbocycles. The fourth-order valence-electron chi connectivity index (χ4n) is 2.36. The van der Waals surface area contributed by atoms with E-state index in [-0.39, 0.29) is 11.3 Å². The number of likely N-dealkylation sites (N-methyl/N-ethyl adjacent to an activating group) is 1. The third kappa shape index (κ3) is 6.14. The zero-order valence-corrected chi connectivity index (χ0v) is 16.2. The van der Waals surface area contributed by atoms with E-state index in [4.69, 9.17) is 10.5 Å². The molecule has 1 amide bonds. The number of nitrogens with zero attached hydrogens (tertiary/aromatic N) is 2. The zero-order chi connectivity index (χ0) is 18.4. The van der Waals surface area contributed by atoms with E-state index < -0.39 is 0 Å². The van der Waals surface area contributed by atoms with Gasteiger partial charge >= 0.3 is 0 Å². The molecule has 5 nitrogen and oxygen atoms in total. The number of benzene rings is 1. The predicted octanol–water partition coefficient (Wildman–Crippen LogP) is 3.02. The number of carbonyl (C=O) groups is 1. The molecule has 1 heterocycles. The number of hydrogen-bond donors (Lipinski definition) is 1. The van der Waals surface area contributed by atoms with Gasteiger partial charge in [0, 0.05) is 19.0 Å². The Hall–Kier alpha value is -1.92. The molecule has 136 valence electrons. The maximum absolute atomic E-state index is 12.3. The van der Waals surface area contributed by atoms with Crippen LogP contribution in [0.2, 0.25) is 0 Å². The van der Waals surface area contributed by atoms with E-state index in [0.717, 1.165) is 16.5 Å². The van der Waals surface area contributed by atoms with Gasteiger partial charge in [-0.15, -0.1) is 11.3 Å². The molecule has 1 aromatic heterocycles. The minimum absolute atomic E-state index is 0.0535. The first-order valence-corrected chi connectivity index (χ1v) is 9.24. The molecule has 2 N–H and O–H groups in total. The Morgan fingerprint density at radius 1 is 1.32 bits per heavy atom. The molecule has 25 heavy (non-hydrogen) atoms. The molecule has 2 aromatic rings. The monoisotopic (exact) mass is 361 g/mol. The first kappa shape index (κ1) is 19.4. The van der Waals surface area contributed by atoms with Gasteiger partial charge < -0.3 is 15.4 Å². The van der Waals surface area contributed by atoms with Crippen LogP contribution >= 0.6 is 11.3 Å². The summed E-state index contributed by atoms with van der Waals surface area (Å²) < 4.78 is 5.73. The molecular formula is C19H27N3O2S. The Bertz CT molecular complexity index is 695. The second-order valence-electron chi connectivity index (χ2n) is 7.13. The van der Waals surface area contributed by atoms with Gasteiger partial charge in [-0.2, -0.15) is 0 Å². The molecule has 2 rings (SSSR count). The highest BCUT2D eigenvalue weighted by molar-refractivity contribution is 7.09. The van der Waals surface area contributed by atoms with Gasteiger partial charge in [0.15, 0.2) is 0 Å². The third-order valence-corrected chi connectivity index (χ3v) is 4.83. The van der Waals surface area contributed by atoms with Crippen LogP contribution in [0.15, 0.2) is 29.6 Å². The standard InChI is InChI=1S/C19H27N3O2S/c1-14-5-7-16(8-6-14)24-10-17-21-15(11-25-17)9-18(23)22(4)13-19(2,3)12-20/h5-8,11H,9-10,12-13,20H2,1-4H3. The normalized spacial score (nSPS) is 11.4. The van der Waals surface area contributed by atoms with E-state index in [1.54, 1.807) is 4.90 Å². The highest BCUT2D eigenvalue weighted by atomic mass is 32.1. The van der Waals surface area contributed by atoms with Gasteiger partial charge in [0.05, 0.1) is 12.1 Å². The summed E-state index contributed by atoms with van der Waals surface area (Å²) in [5.41, 5.74) is 7.64. The van der Waals surface area contributed by atoms with Gasteiger partial charge in [-0.25, -0.2) is 4.98 Å². The summed E-state index contributed by atoms with van der Waals surface area (Å²) in [6, 6.07) is 7.92. The highest BCUT2D eigenvalue weighted by Crippen LogP contribution is 2.18. The van der Waals surface area contributed by atoms with Crippen molar-refractivity contribution in [2.45, 2.75) is 33.8 Å². The SMILES string of the molecule is Cc1ccc(OCc2nc(CC(=O)N(C)CC(C)(C)CN)cs2)cc1. The van der Waals surface area contributed by atoms with Crippen molar-refractivity contribution < 1.29 is 9.53 Å². The predicted molar refractivity (Wildman–Crippen MR) is 102 cm³/mol. The average Bonchev–Trinajstić information content (AvgIpc) is 3.01. The van der Waals surface area contributed by atoms with Crippen molar-refractivity contribution in [1.82, 2.24) is 9.88 Å². The van der Waals surface area contributed by atoms with E-state index >= 15 is 0 Å². The second-order valence-corrected chi connectivity index (χ2v) is 8.07. The van der Waals surface area contributed by atoms with Crippen molar-refractivity contribution in [1.29, 1.82) is 0 Å². The van der Waals surface area contributed by atoms with Crippen LogP contribution < -0.4 is 10.5 Å². The van der Waals surface area contributed by atoms with E-state index in [0.29, 0.717) is 26.1 Å². The Kier molecular flexibility index (Phi) is 6.56. The van der Waals surface area contributed by atoms with Crippen LogP contribution in [0.5, 0.6) is 5.75 Å². The lowest BCUT2D eigenvalue weighted by Gasteiger charge is -2.28. The molecule has 0 radical (unpaired) electrons. The molecule has 0 spiro atoms.